The van der Waals surface area contributed by atoms with Gasteiger partial charge in [-0.15, -0.1) is 0 Å². The fraction of sp³-hybridized carbons (Fsp3) is 0.455. The SMILES string of the molecule is CCC(NC(=O)NCc1ccc(C)o1)C(=O)O. The zero-order valence-electron chi connectivity index (χ0n) is 9.82. The van der Waals surface area contributed by atoms with E-state index in [0.717, 1.165) is 5.76 Å². The molecule has 0 aliphatic carbocycles. The zero-order valence-corrected chi connectivity index (χ0v) is 9.82. The molecule has 0 aliphatic heterocycles. The molecular weight excluding hydrogens is 224 g/mol. The molecule has 0 radical (unpaired) electrons. The normalized spacial score (nSPS) is 11.9. The van der Waals surface area contributed by atoms with E-state index in [1.165, 1.54) is 0 Å². The molecule has 1 atom stereocenters. The van der Waals surface area contributed by atoms with Crippen molar-refractivity contribution in [3.05, 3.63) is 23.7 Å². The monoisotopic (exact) mass is 240 g/mol. The van der Waals surface area contributed by atoms with Crippen molar-refractivity contribution in [2.75, 3.05) is 0 Å². The van der Waals surface area contributed by atoms with Gasteiger partial charge in [0, 0.05) is 0 Å². The van der Waals surface area contributed by atoms with Crippen LogP contribution in [0.15, 0.2) is 16.5 Å². The van der Waals surface area contributed by atoms with Gasteiger partial charge in [-0.05, 0) is 25.5 Å². The van der Waals surface area contributed by atoms with E-state index < -0.39 is 18.0 Å². The fourth-order valence-electron chi connectivity index (χ4n) is 1.30. The summed E-state index contributed by atoms with van der Waals surface area (Å²) < 4.78 is 5.25. The third-order valence-corrected chi connectivity index (χ3v) is 2.23. The van der Waals surface area contributed by atoms with Crippen LogP contribution in [0.3, 0.4) is 0 Å². The van der Waals surface area contributed by atoms with Gasteiger partial charge >= 0.3 is 12.0 Å². The Labute approximate surface area is 99.0 Å². The molecule has 17 heavy (non-hydrogen) atoms. The Kier molecular flexibility index (Phi) is 4.56. The highest BCUT2D eigenvalue weighted by Crippen LogP contribution is 2.05. The van der Waals surface area contributed by atoms with Crippen LogP contribution >= 0.6 is 0 Å². The maximum Gasteiger partial charge on any atom is 0.326 e. The van der Waals surface area contributed by atoms with Crippen LogP contribution in [0.25, 0.3) is 0 Å². The summed E-state index contributed by atoms with van der Waals surface area (Å²) in [6.45, 7) is 3.73. The first-order chi connectivity index (χ1) is 8.02. The Bertz CT molecular complexity index is 400. The van der Waals surface area contributed by atoms with E-state index >= 15 is 0 Å². The molecule has 0 fully saturated rings. The van der Waals surface area contributed by atoms with Crippen molar-refractivity contribution in [1.82, 2.24) is 10.6 Å². The maximum atomic E-state index is 11.4. The molecular formula is C11H16N2O4. The van der Waals surface area contributed by atoms with Crippen molar-refractivity contribution in [3.63, 3.8) is 0 Å². The summed E-state index contributed by atoms with van der Waals surface area (Å²) in [5, 5.41) is 13.6. The minimum Gasteiger partial charge on any atom is -0.480 e. The molecule has 1 aromatic rings. The van der Waals surface area contributed by atoms with Crippen LogP contribution in [0, 0.1) is 6.92 Å². The molecule has 0 aliphatic rings. The van der Waals surface area contributed by atoms with Crippen molar-refractivity contribution < 1.29 is 19.1 Å². The van der Waals surface area contributed by atoms with Gasteiger partial charge in [0.05, 0.1) is 6.54 Å². The zero-order chi connectivity index (χ0) is 12.8. The molecule has 6 nitrogen and oxygen atoms in total. The van der Waals surface area contributed by atoms with E-state index in [2.05, 4.69) is 10.6 Å². The number of rotatable bonds is 5. The molecule has 1 rings (SSSR count). The molecule has 0 spiro atoms. The van der Waals surface area contributed by atoms with Crippen LogP contribution < -0.4 is 10.6 Å². The standard InChI is InChI=1S/C11H16N2O4/c1-3-9(10(14)15)13-11(16)12-6-8-5-4-7(2)17-8/h4-5,9H,3,6H2,1-2H3,(H,14,15)(H2,12,13,16). The van der Waals surface area contributed by atoms with Gasteiger partial charge in [0.25, 0.3) is 0 Å². The van der Waals surface area contributed by atoms with Crippen LogP contribution in [-0.2, 0) is 11.3 Å². The molecule has 94 valence electrons. The van der Waals surface area contributed by atoms with Gasteiger partial charge in [0.1, 0.15) is 17.6 Å². The lowest BCUT2D eigenvalue weighted by atomic mass is 10.2. The molecule has 1 aromatic heterocycles. The summed E-state index contributed by atoms with van der Waals surface area (Å²) >= 11 is 0. The number of carboxylic acid groups (broad SMARTS) is 1. The Morgan fingerprint density at radius 3 is 2.65 bits per heavy atom. The van der Waals surface area contributed by atoms with Gasteiger partial charge in [0.2, 0.25) is 0 Å². The van der Waals surface area contributed by atoms with Crippen LogP contribution in [0.2, 0.25) is 0 Å². The molecule has 6 heteroatoms. The van der Waals surface area contributed by atoms with Gasteiger partial charge in [0.15, 0.2) is 0 Å². The number of carbonyl (C=O) groups is 2. The summed E-state index contributed by atoms with van der Waals surface area (Å²) in [4.78, 5) is 22.1. The number of urea groups is 1. The minimum atomic E-state index is -1.04. The van der Waals surface area contributed by atoms with Gasteiger partial charge in [-0.25, -0.2) is 9.59 Å². The number of furan rings is 1. The molecule has 0 bridgehead atoms. The summed E-state index contributed by atoms with van der Waals surface area (Å²) in [6, 6.07) is 2.16. The Morgan fingerprint density at radius 2 is 2.18 bits per heavy atom. The van der Waals surface area contributed by atoms with Crippen LogP contribution in [0.1, 0.15) is 24.9 Å². The molecule has 2 amide bonds. The second-order valence-electron chi connectivity index (χ2n) is 3.64. The minimum absolute atomic E-state index is 0.232. The molecule has 1 unspecified atom stereocenters. The number of hydrogen-bond donors (Lipinski definition) is 3. The van der Waals surface area contributed by atoms with Crippen LogP contribution in [-0.4, -0.2) is 23.1 Å². The number of aliphatic carboxylic acids is 1. The first-order valence-electron chi connectivity index (χ1n) is 5.35. The van der Waals surface area contributed by atoms with Crippen LogP contribution in [0.5, 0.6) is 0 Å². The van der Waals surface area contributed by atoms with Crippen molar-refractivity contribution in [2.45, 2.75) is 32.9 Å². The second kappa shape index (κ2) is 5.93. The lowest BCUT2D eigenvalue weighted by Crippen LogP contribution is -2.45. The average Bonchev–Trinajstić information content (AvgIpc) is 2.68. The molecule has 3 N–H and O–H groups in total. The van der Waals surface area contributed by atoms with Crippen molar-refractivity contribution in [1.29, 1.82) is 0 Å². The molecule has 0 saturated heterocycles. The van der Waals surface area contributed by atoms with Crippen molar-refractivity contribution in [2.24, 2.45) is 0 Å². The first kappa shape index (κ1) is 13.1. The lowest BCUT2D eigenvalue weighted by molar-refractivity contribution is -0.139. The Balaban J connectivity index is 2.37. The topological polar surface area (TPSA) is 91.6 Å². The quantitative estimate of drug-likeness (QED) is 0.722. The Morgan fingerprint density at radius 1 is 1.47 bits per heavy atom. The number of carbonyl (C=O) groups excluding carboxylic acids is 1. The van der Waals surface area contributed by atoms with Gasteiger partial charge in [-0.2, -0.15) is 0 Å². The molecule has 0 aromatic carbocycles. The summed E-state index contributed by atoms with van der Waals surface area (Å²) in [6.07, 6.45) is 0.336. The molecule has 1 heterocycles. The summed E-state index contributed by atoms with van der Waals surface area (Å²) in [5.41, 5.74) is 0. The van der Waals surface area contributed by atoms with Crippen molar-refractivity contribution >= 4 is 12.0 Å². The molecule has 0 saturated carbocycles. The van der Waals surface area contributed by atoms with Gasteiger partial charge in [-0.3, -0.25) is 0 Å². The van der Waals surface area contributed by atoms with Gasteiger partial charge in [-0.1, -0.05) is 6.92 Å². The Hall–Kier alpha value is -1.98. The largest absolute Gasteiger partial charge is 0.480 e. The van der Waals surface area contributed by atoms with E-state index in [1.807, 2.05) is 0 Å². The predicted molar refractivity (Wildman–Crippen MR) is 60.5 cm³/mol. The predicted octanol–water partition coefficient (Wildman–Crippen LogP) is 1.25. The highest BCUT2D eigenvalue weighted by molar-refractivity contribution is 5.82. The number of carboxylic acids is 1. The van der Waals surface area contributed by atoms with Crippen LogP contribution in [0.4, 0.5) is 4.79 Å². The van der Waals surface area contributed by atoms with Crippen molar-refractivity contribution in [3.8, 4) is 0 Å². The maximum absolute atomic E-state index is 11.4. The second-order valence-corrected chi connectivity index (χ2v) is 3.64. The van der Waals surface area contributed by atoms with E-state index in [-0.39, 0.29) is 6.54 Å². The number of amides is 2. The van der Waals surface area contributed by atoms with Gasteiger partial charge < -0.3 is 20.2 Å². The summed E-state index contributed by atoms with van der Waals surface area (Å²) in [7, 11) is 0. The smallest absolute Gasteiger partial charge is 0.326 e. The average molecular weight is 240 g/mol. The highest BCUT2D eigenvalue weighted by atomic mass is 16.4. The lowest BCUT2D eigenvalue weighted by Gasteiger charge is -2.12. The van der Waals surface area contributed by atoms with E-state index in [9.17, 15) is 9.59 Å². The highest BCUT2D eigenvalue weighted by Gasteiger charge is 2.17. The number of hydrogen-bond acceptors (Lipinski definition) is 3. The number of aryl methyl sites for hydroxylation is 1. The van der Waals surface area contributed by atoms with E-state index in [4.69, 9.17) is 9.52 Å². The third-order valence-electron chi connectivity index (χ3n) is 2.23. The van der Waals surface area contributed by atoms with E-state index in [0.29, 0.717) is 12.2 Å². The van der Waals surface area contributed by atoms with E-state index in [1.54, 1.807) is 26.0 Å². The third kappa shape index (κ3) is 4.18. The number of nitrogens with one attached hydrogen (secondary N) is 2. The fourth-order valence-corrected chi connectivity index (χ4v) is 1.30. The first-order valence-corrected chi connectivity index (χ1v) is 5.35. The summed E-state index contributed by atoms with van der Waals surface area (Å²) in [5.74, 6) is 0.344.